The molecular weight excluding hydrogens is 354 g/mol. The monoisotopic (exact) mass is 371 g/mol. The zero-order valence-corrected chi connectivity index (χ0v) is 15.4. The van der Waals surface area contributed by atoms with E-state index in [9.17, 15) is 4.79 Å². The molecule has 28 heavy (non-hydrogen) atoms. The molecule has 2 aromatic heterocycles. The smallest absolute Gasteiger partial charge is 0.223 e. The Kier molecular flexibility index (Phi) is 4.63. The van der Waals surface area contributed by atoms with Crippen LogP contribution in [0.2, 0.25) is 0 Å². The van der Waals surface area contributed by atoms with E-state index < -0.39 is 0 Å². The van der Waals surface area contributed by atoms with Gasteiger partial charge in [-0.15, -0.1) is 15.0 Å². The minimum Gasteiger partial charge on any atom is -0.496 e. The number of carbonyl (C=O) groups excluding carboxylic acids is 1. The summed E-state index contributed by atoms with van der Waals surface area (Å²) in [4.78, 5) is 17.3. The van der Waals surface area contributed by atoms with E-state index in [1.165, 1.54) is 4.80 Å². The van der Waals surface area contributed by atoms with Crippen LogP contribution in [0, 0.1) is 0 Å². The van der Waals surface area contributed by atoms with Gasteiger partial charge < -0.3 is 4.74 Å². The van der Waals surface area contributed by atoms with Crippen LogP contribution in [0.1, 0.15) is 17.3 Å². The van der Waals surface area contributed by atoms with Gasteiger partial charge in [0.15, 0.2) is 5.78 Å². The molecule has 4 rings (SSSR count). The maximum absolute atomic E-state index is 11.7. The summed E-state index contributed by atoms with van der Waals surface area (Å²) in [5.74, 6) is 1.11. The summed E-state index contributed by atoms with van der Waals surface area (Å²) in [6.07, 6.45) is 1.68. The number of aromatic nitrogens is 5. The molecule has 0 bridgehead atoms. The van der Waals surface area contributed by atoms with Gasteiger partial charge in [0.25, 0.3) is 0 Å². The fraction of sp³-hybridized carbons (Fsp3) is 0.0952. The van der Waals surface area contributed by atoms with Crippen LogP contribution in [0.3, 0.4) is 0 Å². The van der Waals surface area contributed by atoms with Crippen molar-refractivity contribution in [3.05, 3.63) is 72.4 Å². The second-order valence-electron chi connectivity index (χ2n) is 6.14. The van der Waals surface area contributed by atoms with E-state index in [1.807, 2.05) is 54.6 Å². The van der Waals surface area contributed by atoms with Crippen molar-refractivity contribution in [1.29, 1.82) is 0 Å². The lowest BCUT2D eigenvalue weighted by Gasteiger charge is -2.11. The molecule has 0 aliphatic rings. The Morgan fingerprint density at radius 1 is 1.04 bits per heavy atom. The van der Waals surface area contributed by atoms with Crippen molar-refractivity contribution in [3.8, 4) is 34.1 Å². The summed E-state index contributed by atoms with van der Waals surface area (Å²) >= 11 is 0. The number of rotatable bonds is 5. The van der Waals surface area contributed by atoms with E-state index in [1.54, 1.807) is 26.3 Å². The van der Waals surface area contributed by atoms with E-state index in [-0.39, 0.29) is 5.78 Å². The summed E-state index contributed by atoms with van der Waals surface area (Å²) in [7, 11) is 1.60. The van der Waals surface area contributed by atoms with Crippen molar-refractivity contribution < 1.29 is 9.53 Å². The van der Waals surface area contributed by atoms with Crippen LogP contribution < -0.4 is 4.74 Å². The molecule has 0 aliphatic heterocycles. The molecular formula is C21H17N5O2. The van der Waals surface area contributed by atoms with E-state index in [4.69, 9.17) is 4.74 Å². The minimum atomic E-state index is 0.0197. The lowest BCUT2D eigenvalue weighted by molar-refractivity contribution is 0.101. The Morgan fingerprint density at radius 2 is 1.93 bits per heavy atom. The second-order valence-corrected chi connectivity index (χ2v) is 6.14. The molecule has 7 heteroatoms. The summed E-state index contributed by atoms with van der Waals surface area (Å²) in [5, 5.41) is 12.6. The molecule has 0 atom stereocenters. The maximum atomic E-state index is 11.7. The molecule has 2 heterocycles. The van der Waals surface area contributed by atoms with Gasteiger partial charge in [-0.2, -0.15) is 0 Å². The average molecular weight is 371 g/mol. The number of hydrogen-bond acceptors (Lipinski definition) is 6. The van der Waals surface area contributed by atoms with Gasteiger partial charge in [-0.25, -0.2) is 0 Å². The second kappa shape index (κ2) is 7.40. The summed E-state index contributed by atoms with van der Waals surface area (Å²) < 4.78 is 5.57. The molecule has 0 N–H and O–H groups in total. The molecule has 0 amide bonds. The molecule has 0 unspecified atom stereocenters. The number of hydrogen-bond donors (Lipinski definition) is 0. The number of pyridine rings is 1. The molecule has 2 aromatic carbocycles. The average Bonchev–Trinajstić information content (AvgIpc) is 3.24. The van der Waals surface area contributed by atoms with Gasteiger partial charge in [-0.05, 0) is 48.0 Å². The van der Waals surface area contributed by atoms with E-state index in [0.29, 0.717) is 28.5 Å². The number of nitrogens with zero attached hydrogens (tertiary/aromatic N) is 5. The highest BCUT2D eigenvalue weighted by atomic mass is 16.5. The largest absolute Gasteiger partial charge is 0.496 e. The summed E-state index contributed by atoms with van der Waals surface area (Å²) in [5.41, 5.74) is 3.79. The van der Waals surface area contributed by atoms with Crippen molar-refractivity contribution in [2.75, 3.05) is 7.11 Å². The van der Waals surface area contributed by atoms with Gasteiger partial charge in [-0.1, -0.05) is 24.3 Å². The van der Waals surface area contributed by atoms with Gasteiger partial charge in [0.05, 0.1) is 12.8 Å². The quantitative estimate of drug-likeness (QED) is 0.499. The zero-order chi connectivity index (χ0) is 19.5. The molecule has 0 saturated heterocycles. The van der Waals surface area contributed by atoms with Gasteiger partial charge >= 0.3 is 0 Å². The SMILES string of the molecule is COc1cc(-n2nnc(-c3ccccn3)n2)ccc1-c1cccc(C(C)=O)c1. The van der Waals surface area contributed by atoms with Crippen LogP contribution in [-0.4, -0.2) is 38.1 Å². The lowest BCUT2D eigenvalue weighted by Crippen LogP contribution is -2.00. The Labute approximate surface area is 161 Å². The first kappa shape index (κ1) is 17.5. The van der Waals surface area contributed by atoms with Gasteiger partial charge in [0.2, 0.25) is 5.82 Å². The van der Waals surface area contributed by atoms with E-state index >= 15 is 0 Å². The number of ketones is 1. The number of methoxy groups -OCH3 is 1. The highest BCUT2D eigenvalue weighted by Crippen LogP contribution is 2.32. The molecule has 138 valence electrons. The number of Topliss-reactive ketones (excluding diaryl/α,β-unsaturated/α-hetero) is 1. The van der Waals surface area contributed by atoms with E-state index in [2.05, 4.69) is 20.4 Å². The molecule has 0 radical (unpaired) electrons. The minimum absolute atomic E-state index is 0.0197. The predicted octanol–water partition coefficient (Wildman–Crippen LogP) is 3.60. The first-order chi connectivity index (χ1) is 13.7. The van der Waals surface area contributed by atoms with Crippen LogP contribution in [0.5, 0.6) is 5.75 Å². The third-order valence-corrected chi connectivity index (χ3v) is 4.30. The summed E-state index contributed by atoms with van der Waals surface area (Å²) in [6.45, 7) is 1.55. The van der Waals surface area contributed by atoms with Crippen molar-refractivity contribution in [2.45, 2.75) is 6.92 Å². The first-order valence-electron chi connectivity index (χ1n) is 8.67. The number of tetrazole rings is 1. The Morgan fingerprint density at radius 3 is 2.68 bits per heavy atom. The third-order valence-electron chi connectivity index (χ3n) is 4.30. The van der Waals surface area contributed by atoms with Crippen molar-refractivity contribution in [3.63, 3.8) is 0 Å². The Hall–Kier alpha value is -3.87. The van der Waals surface area contributed by atoms with E-state index in [0.717, 1.165) is 11.1 Å². The number of ether oxygens (including phenoxy) is 1. The normalized spacial score (nSPS) is 10.6. The Bertz CT molecular complexity index is 1140. The van der Waals surface area contributed by atoms with Gasteiger partial charge in [0.1, 0.15) is 11.4 Å². The van der Waals surface area contributed by atoms with Crippen molar-refractivity contribution >= 4 is 5.78 Å². The molecule has 0 saturated carbocycles. The number of benzene rings is 2. The fourth-order valence-electron chi connectivity index (χ4n) is 2.87. The molecule has 0 spiro atoms. The topological polar surface area (TPSA) is 82.8 Å². The highest BCUT2D eigenvalue weighted by molar-refractivity contribution is 5.95. The third kappa shape index (κ3) is 3.37. The van der Waals surface area contributed by atoms with Crippen LogP contribution in [0.25, 0.3) is 28.3 Å². The van der Waals surface area contributed by atoms with Crippen molar-refractivity contribution in [2.24, 2.45) is 0 Å². The van der Waals surface area contributed by atoms with Crippen LogP contribution in [0.15, 0.2) is 66.9 Å². The number of carbonyl (C=O) groups is 1. The fourth-order valence-corrected chi connectivity index (χ4v) is 2.87. The lowest BCUT2D eigenvalue weighted by atomic mass is 10.0. The van der Waals surface area contributed by atoms with Crippen LogP contribution in [0.4, 0.5) is 0 Å². The molecule has 7 nitrogen and oxygen atoms in total. The predicted molar refractivity (Wildman–Crippen MR) is 104 cm³/mol. The van der Waals surface area contributed by atoms with Crippen molar-refractivity contribution in [1.82, 2.24) is 25.2 Å². The van der Waals surface area contributed by atoms with Crippen LogP contribution in [-0.2, 0) is 0 Å². The molecule has 4 aromatic rings. The summed E-state index contributed by atoms with van der Waals surface area (Å²) in [6, 6.07) is 18.6. The van der Waals surface area contributed by atoms with Gasteiger partial charge in [0, 0.05) is 23.4 Å². The highest BCUT2D eigenvalue weighted by Gasteiger charge is 2.12. The first-order valence-corrected chi connectivity index (χ1v) is 8.67. The zero-order valence-electron chi connectivity index (χ0n) is 15.4. The molecule has 0 aliphatic carbocycles. The van der Waals surface area contributed by atoms with Gasteiger partial charge in [-0.3, -0.25) is 9.78 Å². The standard InChI is InChI=1S/C21H17N5O2/c1-14(27)15-6-5-7-16(12-15)18-10-9-17(13-20(18)28-2)26-24-21(23-25-26)19-8-3-4-11-22-19/h3-13H,1-2H3. The Balaban J connectivity index is 1.71. The molecule has 0 fully saturated rings. The van der Waals surface area contributed by atoms with Crippen LogP contribution >= 0.6 is 0 Å². The maximum Gasteiger partial charge on any atom is 0.223 e.